The number of hydrogen-bond acceptors (Lipinski definition) is 4. The molecule has 0 aliphatic carbocycles. The van der Waals surface area contributed by atoms with Crippen molar-refractivity contribution >= 4 is 32.6 Å². The van der Waals surface area contributed by atoms with Crippen LogP contribution in [0.3, 0.4) is 0 Å². The van der Waals surface area contributed by atoms with Gasteiger partial charge in [0.25, 0.3) is 5.91 Å². The zero-order valence-corrected chi connectivity index (χ0v) is 14.0. The summed E-state index contributed by atoms with van der Waals surface area (Å²) in [6.07, 6.45) is 2.02. The summed E-state index contributed by atoms with van der Waals surface area (Å²) >= 11 is 1.24. The Morgan fingerprint density at radius 2 is 2.17 bits per heavy atom. The molecule has 4 nitrogen and oxygen atoms in total. The number of thiazole rings is 1. The maximum atomic E-state index is 13.2. The smallest absolute Gasteiger partial charge is 0.257 e. The lowest BCUT2D eigenvalue weighted by Gasteiger charge is -2.07. The minimum Gasteiger partial charge on any atom is -0.494 e. The largest absolute Gasteiger partial charge is 0.494 e. The fraction of sp³-hybridized carbons (Fsp3) is 0.222. The van der Waals surface area contributed by atoms with Crippen LogP contribution in [0.1, 0.15) is 30.1 Å². The number of rotatable bonds is 6. The molecule has 6 heteroatoms. The van der Waals surface area contributed by atoms with Crippen LogP contribution < -0.4 is 10.1 Å². The molecule has 1 amide bonds. The number of ether oxygens (including phenoxy) is 1. The van der Waals surface area contributed by atoms with Gasteiger partial charge in [-0.15, -0.1) is 0 Å². The van der Waals surface area contributed by atoms with E-state index in [1.807, 2.05) is 6.07 Å². The van der Waals surface area contributed by atoms with E-state index in [-0.39, 0.29) is 11.7 Å². The normalized spacial score (nSPS) is 10.8. The quantitative estimate of drug-likeness (QED) is 0.649. The molecule has 0 saturated carbocycles. The average molecular weight is 344 g/mol. The first-order valence-electron chi connectivity index (χ1n) is 7.76. The molecular weight excluding hydrogens is 327 g/mol. The van der Waals surface area contributed by atoms with E-state index in [2.05, 4.69) is 17.2 Å². The number of benzene rings is 2. The first-order chi connectivity index (χ1) is 11.7. The van der Waals surface area contributed by atoms with Crippen LogP contribution in [0.15, 0.2) is 42.5 Å². The van der Waals surface area contributed by atoms with Gasteiger partial charge < -0.3 is 4.74 Å². The summed E-state index contributed by atoms with van der Waals surface area (Å²) in [7, 11) is 0. The predicted molar refractivity (Wildman–Crippen MR) is 94.4 cm³/mol. The SMILES string of the molecule is CCCCOc1cccc(C(=O)Nc2nc3ccc(F)cc3s2)c1. The second-order valence-corrected chi connectivity index (χ2v) is 6.35. The van der Waals surface area contributed by atoms with Crippen molar-refractivity contribution in [2.75, 3.05) is 11.9 Å². The van der Waals surface area contributed by atoms with Gasteiger partial charge in [-0.05, 0) is 42.8 Å². The van der Waals surface area contributed by atoms with E-state index in [0.29, 0.717) is 33.3 Å². The molecule has 1 aromatic heterocycles. The van der Waals surface area contributed by atoms with Gasteiger partial charge in [0.1, 0.15) is 11.6 Å². The number of aromatic nitrogens is 1. The van der Waals surface area contributed by atoms with Gasteiger partial charge in [-0.1, -0.05) is 30.7 Å². The van der Waals surface area contributed by atoms with Crippen LogP contribution in [0.5, 0.6) is 5.75 Å². The van der Waals surface area contributed by atoms with Crippen LogP contribution in [-0.2, 0) is 0 Å². The molecule has 0 fully saturated rings. The highest BCUT2D eigenvalue weighted by atomic mass is 32.1. The third-order valence-electron chi connectivity index (χ3n) is 3.43. The van der Waals surface area contributed by atoms with E-state index >= 15 is 0 Å². The van der Waals surface area contributed by atoms with Crippen LogP contribution in [0, 0.1) is 5.82 Å². The van der Waals surface area contributed by atoms with Gasteiger partial charge in [-0.25, -0.2) is 9.37 Å². The van der Waals surface area contributed by atoms with E-state index in [0.717, 1.165) is 12.8 Å². The number of hydrogen-bond donors (Lipinski definition) is 1. The molecule has 0 unspecified atom stereocenters. The standard InChI is InChI=1S/C18H17FN2O2S/c1-2-3-9-23-14-6-4-5-12(10-14)17(22)21-18-20-15-8-7-13(19)11-16(15)24-18/h4-8,10-11H,2-3,9H2,1H3,(H,20,21,22). The summed E-state index contributed by atoms with van der Waals surface area (Å²) in [5, 5.41) is 3.19. The Labute approximate surface area is 143 Å². The van der Waals surface area contributed by atoms with E-state index < -0.39 is 0 Å². The number of carbonyl (C=O) groups is 1. The number of amides is 1. The van der Waals surface area contributed by atoms with Gasteiger partial charge in [0.05, 0.1) is 16.8 Å². The number of nitrogens with one attached hydrogen (secondary N) is 1. The number of fused-ring (bicyclic) bond motifs is 1. The van der Waals surface area contributed by atoms with Gasteiger partial charge in [0, 0.05) is 5.56 Å². The lowest BCUT2D eigenvalue weighted by atomic mass is 10.2. The number of unbranched alkanes of at least 4 members (excludes halogenated alkanes) is 1. The molecule has 0 radical (unpaired) electrons. The van der Waals surface area contributed by atoms with Crippen LogP contribution in [0.2, 0.25) is 0 Å². The summed E-state index contributed by atoms with van der Waals surface area (Å²) in [6.45, 7) is 2.72. The fourth-order valence-corrected chi connectivity index (χ4v) is 3.07. The molecule has 3 aromatic rings. The Bertz CT molecular complexity index is 863. The van der Waals surface area contributed by atoms with Crippen molar-refractivity contribution in [2.24, 2.45) is 0 Å². The molecular formula is C18H17FN2O2S. The van der Waals surface area contributed by atoms with Gasteiger partial charge in [-0.2, -0.15) is 0 Å². The zero-order valence-electron chi connectivity index (χ0n) is 13.2. The monoisotopic (exact) mass is 344 g/mol. The number of nitrogens with zero attached hydrogens (tertiary/aromatic N) is 1. The number of carbonyl (C=O) groups excluding carboxylic acids is 1. The predicted octanol–water partition coefficient (Wildman–Crippen LogP) is 4.87. The molecule has 3 rings (SSSR count). The lowest BCUT2D eigenvalue weighted by Crippen LogP contribution is -2.11. The summed E-state index contributed by atoms with van der Waals surface area (Å²) in [5.74, 6) is 0.0823. The van der Waals surface area contributed by atoms with Crippen LogP contribution in [0.25, 0.3) is 10.2 Å². The summed E-state index contributed by atoms with van der Waals surface area (Å²) in [6, 6.07) is 11.4. The highest BCUT2D eigenvalue weighted by molar-refractivity contribution is 7.22. The van der Waals surface area contributed by atoms with E-state index in [1.165, 1.54) is 23.5 Å². The second kappa shape index (κ2) is 7.40. The van der Waals surface area contributed by atoms with Crippen LogP contribution in [-0.4, -0.2) is 17.5 Å². The fourth-order valence-electron chi connectivity index (χ4n) is 2.18. The van der Waals surface area contributed by atoms with Crippen LogP contribution >= 0.6 is 11.3 Å². The van der Waals surface area contributed by atoms with Crippen molar-refractivity contribution in [3.05, 3.63) is 53.8 Å². The molecule has 0 atom stereocenters. The van der Waals surface area contributed by atoms with E-state index in [1.54, 1.807) is 24.3 Å². The molecule has 124 valence electrons. The molecule has 1 heterocycles. The average Bonchev–Trinajstić information content (AvgIpc) is 2.96. The van der Waals surface area contributed by atoms with Crippen LogP contribution in [0.4, 0.5) is 9.52 Å². The number of halogens is 1. The second-order valence-electron chi connectivity index (χ2n) is 5.32. The van der Waals surface area contributed by atoms with E-state index in [4.69, 9.17) is 4.74 Å². The van der Waals surface area contributed by atoms with Gasteiger partial charge in [0.15, 0.2) is 5.13 Å². The van der Waals surface area contributed by atoms with Crippen molar-refractivity contribution < 1.29 is 13.9 Å². The lowest BCUT2D eigenvalue weighted by molar-refractivity contribution is 0.102. The van der Waals surface area contributed by atoms with Crippen molar-refractivity contribution in [3.63, 3.8) is 0 Å². The zero-order chi connectivity index (χ0) is 16.9. The molecule has 0 aliphatic heterocycles. The molecule has 1 N–H and O–H groups in total. The summed E-state index contributed by atoms with van der Waals surface area (Å²) < 4.78 is 19.5. The molecule has 0 aliphatic rings. The molecule has 0 spiro atoms. The third-order valence-corrected chi connectivity index (χ3v) is 4.37. The van der Waals surface area contributed by atoms with Crippen molar-refractivity contribution in [2.45, 2.75) is 19.8 Å². The third kappa shape index (κ3) is 3.89. The highest BCUT2D eigenvalue weighted by Gasteiger charge is 2.11. The number of anilines is 1. The first-order valence-corrected chi connectivity index (χ1v) is 8.57. The van der Waals surface area contributed by atoms with Gasteiger partial charge in [0.2, 0.25) is 0 Å². The molecule has 24 heavy (non-hydrogen) atoms. The topological polar surface area (TPSA) is 51.2 Å². The first kappa shape index (κ1) is 16.4. The summed E-state index contributed by atoms with van der Waals surface area (Å²) in [5.41, 5.74) is 1.16. The van der Waals surface area contributed by atoms with Crippen molar-refractivity contribution in [1.82, 2.24) is 4.98 Å². The summed E-state index contributed by atoms with van der Waals surface area (Å²) in [4.78, 5) is 16.7. The molecule has 0 saturated heterocycles. The highest BCUT2D eigenvalue weighted by Crippen LogP contribution is 2.27. The van der Waals surface area contributed by atoms with Crippen molar-refractivity contribution in [3.8, 4) is 5.75 Å². The van der Waals surface area contributed by atoms with Gasteiger partial charge >= 0.3 is 0 Å². The Morgan fingerprint density at radius 3 is 3.00 bits per heavy atom. The van der Waals surface area contributed by atoms with Gasteiger partial charge in [-0.3, -0.25) is 10.1 Å². The molecule has 0 bridgehead atoms. The van der Waals surface area contributed by atoms with Crippen molar-refractivity contribution in [1.29, 1.82) is 0 Å². The Hall–Kier alpha value is -2.47. The van der Waals surface area contributed by atoms with E-state index in [9.17, 15) is 9.18 Å². The minimum atomic E-state index is -0.319. The molecule has 2 aromatic carbocycles. The Morgan fingerprint density at radius 1 is 1.29 bits per heavy atom. The maximum Gasteiger partial charge on any atom is 0.257 e. The maximum absolute atomic E-state index is 13.2. The minimum absolute atomic E-state index is 0.268. The Kier molecular flexibility index (Phi) is 5.05. The Balaban J connectivity index is 1.72.